The van der Waals surface area contributed by atoms with Gasteiger partial charge in [0.05, 0.1) is 28.1 Å². The van der Waals surface area contributed by atoms with Crippen LogP contribution >= 0.6 is 11.6 Å². The van der Waals surface area contributed by atoms with Gasteiger partial charge in [0.25, 0.3) is 5.91 Å². The highest BCUT2D eigenvalue weighted by Crippen LogP contribution is 2.56. The largest absolute Gasteiger partial charge is 0.339 e. The molecule has 1 aromatic rings. The van der Waals surface area contributed by atoms with Gasteiger partial charge in [-0.15, -0.1) is 0 Å². The monoisotopic (exact) mass is 414 g/mol. The number of halogens is 1. The smallest absolute Gasteiger partial charge is 0.255 e. The summed E-state index contributed by atoms with van der Waals surface area (Å²) >= 11 is 6.37. The van der Waals surface area contributed by atoms with E-state index in [9.17, 15) is 14.4 Å². The van der Waals surface area contributed by atoms with Gasteiger partial charge < -0.3 is 4.90 Å². The van der Waals surface area contributed by atoms with E-state index in [1.807, 2.05) is 7.05 Å². The third-order valence-corrected chi connectivity index (χ3v) is 8.14. The molecule has 2 bridgehead atoms. The van der Waals surface area contributed by atoms with Crippen molar-refractivity contribution in [1.82, 2.24) is 4.90 Å². The maximum Gasteiger partial charge on any atom is 0.255 e. The molecule has 6 heteroatoms. The zero-order chi connectivity index (χ0) is 20.3. The standard InChI is InChI=1S/C23H27ClN2O3/c1-25(15-5-3-2-4-6-15)21(27)17-12-16(9-10-18(17)24)26-22(28)19-13-7-8-14(11-13)20(19)23(26)29/h9-10,12-15,19-20H,2-8,11H2,1H3/t13-,14-,19+,20+/m0/s1. The molecule has 5 nitrogen and oxygen atoms in total. The van der Waals surface area contributed by atoms with Gasteiger partial charge in [-0.1, -0.05) is 30.9 Å². The summed E-state index contributed by atoms with van der Waals surface area (Å²) in [7, 11) is 1.83. The Morgan fingerprint density at radius 2 is 1.62 bits per heavy atom. The second kappa shape index (κ2) is 7.12. The van der Waals surface area contributed by atoms with E-state index in [4.69, 9.17) is 11.6 Å². The highest BCUT2D eigenvalue weighted by Gasteiger charge is 2.61. The highest BCUT2D eigenvalue weighted by atomic mass is 35.5. The van der Waals surface area contributed by atoms with Gasteiger partial charge in [-0.25, -0.2) is 0 Å². The first-order valence-corrected chi connectivity index (χ1v) is 11.3. The highest BCUT2D eigenvalue weighted by molar-refractivity contribution is 6.34. The molecule has 0 spiro atoms. The fourth-order valence-corrected chi connectivity index (χ4v) is 6.50. The summed E-state index contributed by atoms with van der Waals surface area (Å²) in [5, 5.41) is 0.362. The molecule has 3 aliphatic carbocycles. The first-order valence-electron chi connectivity index (χ1n) is 10.9. The summed E-state index contributed by atoms with van der Waals surface area (Å²) in [4.78, 5) is 42.5. The number of fused-ring (bicyclic) bond motifs is 5. The molecule has 4 atom stereocenters. The maximum absolute atomic E-state index is 13.2. The molecule has 1 heterocycles. The first-order chi connectivity index (χ1) is 14.0. The number of hydrogen-bond donors (Lipinski definition) is 0. The van der Waals surface area contributed by atoms with Gasteiger partial charge >= 0.3 is 0 Å². The van der Waals surface area contributed by atoms with E-state index in [1.54, 1.807) is 23.1 Å². The number of nitrogens with zero attached hydrogens (tertiary/aromatic N) is 2. The van der Waals surface area contributed by atoms with E-state index < -0.39 is 0 Å². The molecule has 4 fully saturated rings. The lowest BCUT2D eigenvalue weighted by atomic mass is 9.81. The Morgan fingerprint density at radius 1 is 1.00 bits per heavy atom. The van der Waals surface area contributed by atoms with Gasteiger partial charge in [-0.05, 0) is 62.1 Å². The second-order valence-corrected chi connectivity index (χ2v) is 9.68. The van der Waals surface area contributed by atoms with Crippen LogP contribution in [0.25, 0.3) is 0 Å². The van der Waals surface area contributed by atoms with Gasteiger partial charge in [-0.2, -0.15) is 0 Å². The summed E-state index contributed by atoms with van der Waals surface area (Å²) < 4.78 is 0. The minimum Gasteiger partial charge on any atom is -0.339 e. The molecule has 0 radical (unpaired) electrons. The molecule has 3 amide bonds. The molecular weight excluding hydrogens is 388 g/mol. The summed E-state index contributed by atoms with van der Waals surface area (Å²) in [5.41, 5.74) is 0.858. The Bertz CT molecular complexity index is 851. The SMILES string of the molecule is CN(C(=O)c1cc(N2C(=O)[C@@H]3[C@H]4CC[C@@H](C4)[C@H]3C2=O)ccc1Cl)C1CCCCC1. The van der Waals surface area contributed by atoms with E-state index in [2.05, 4.69) is 0 Å². The average molecular weight is 415 g/mol. The summed E-state index contributed by atoms with van der Waals surface area (Å²) in [6.45, 7) is 0. The molecule has 0 aromatic heterocycles. The van der Waals surface area contributed by atoms with Crippen molar-refractivity contribution in [3.05, 3.63) is 28.8 Å². The van der Waals surface area contributed by atoms with Crippen LogP contribution in [0.1, 0.15) is 61.7 Å². The predicted octanol–water partition coefficient (Wildman–Crippen LogP) is 4.28. The fourth-order valence-electron chi connectivity index (χ4n) is 6.30. The number of carbonyl (C=O) groups is 3. The first kappa shape index (κ1) is 19.1. The Labute approximate surface area is 176 Å². The van der Waals surface area contributed by atoms with Crippen molar-refractivity contribution in [3.63, 3.8) is 0 Å². The molecule has 4 aliphatic rings. The van der Waals surface area contributed by atoms with Crippen molar-refractivity contribution in [3.8, 4) is 0 Å². The number of hydrogen-bond acceptors (Lipinski definition) is 3. The maximum atomic E-state index is 13.2. The van der Waals surface area contributed by atoms with E-state index in [-0.39, 0.29) is 35.6 Å². The zero-order valence-electron chi connectivity index (χ0n) is 16.8. The number of benzene rings is 1. The van der Waals surface area contributed by atoms with Crippen molar-refractivity contribution in [2.45, 2.75) is 57.4 Å². The number of anilines is 1. The molecule has 154 valence electrons. The van der Waals surface area contributed by atoms with Crippen molar-refractivity contribution in [2.75, 3.05) is 11.9 Å². The van der Waals surface area contributed by atoms with Gasteiger partial charge in [0, 0.05) is 13.1 Å². The van der Waals surface area contributed by atoms with Crippen LogP contribution in [0.2, 0.25) is 5.02 Å². The van der Waals surface area contributed by atoms with Crippen molar-refractivity contribution in [2.24, 2.45) is 23.7 Å². The molecule has 29 heavy (non-hydrogen) atoms. The quantitative estimate of drug-likeness (QED) is 0.693. The Kier molecular flexibility index (Phi) is 4.69. The lowest BCUT2D eigenvalue weighted by molar-refractivity contribution is -0.123. The summed E-state index contributed by atoms with van der Waals surface area (Å²) in [5.74, 6) is 0.0433. The normalized spacial score (nSPS) is 31.4. The molecule has 3 saturated carbocycles. The zero-order valence-corrected chi connectivity index (χ0v) is 17.5. The molecule has 0 unspecified atom stereocenters. The minimum absolute atomic E-state index is 0.0893. The minimum atomic E-state index is -0.166. The Morgan fingerprint density at radius 3 is 2.24 bits per heavy atom. The molecule has 5 rings (SSSR count). The van der Waals surface area contributed by atoms with Crippen LogP contribution in [0.5, 0.6) is 0 Å². The van der Waals surface area contributed by atoms with Crippen LogP contribution in [0.3, 0.4) is 0 Å². The van der Waals surface area contributed by atoms with Gasteiger partial charge in [0.1, 0.15) is 0 Å². The van der Waals surface area contributed by atoms with E-state index in [0.717, 1.165) is 44.9 Å². The van der Waals surface area contributed by atoms with Crippen LogP contribution in [-0.2, 0) is 9.59 Å². The topological polar surface area (TPSA) is 57.7 Å². The van der Waals surface area contributed by atoms with Crippen LogP contribution < -0.4 is 4.90 Å². The molecule has 1 aromatic carbocycles. The molecule has 0 N–H and O–H groups in total. The van der Waals surface area contributed by atoms with Crippen molar-refractivity contribution in [1.29, 1.82) is 0 Å². The summed E-state index contributed by atoms with van der Waals surface area (Å²) in [6.07, 6.45) is 8.62. The van der Waals surface area contributed by atoms with Gasteiger partial charge in [0.2, 0.25) is 11.8 Å². The van der Waals surface area contributed by atoms with E-state index in [0.29, 0.717) is 28.1 Å². The number of rotatable bonds is 3. The Balaban J connectivity index is 1.43. The van der Waals surface area contributed by atoms with Crippen LogP contribution in [0, 0.1) is 23.7 Å². The lowest BCUT2D eigenvalue weighted by Crippen LogP contribution is -2.38. The van der Waals surface area contributed by atoms with E-state index >= 15 is 0 Å². The number of amides is 3. The molecular formula is C23H27ClN2O3. The van der Waals surface area contributed by atoms with Crippen LogP contribution in [0.15, 0.2) is 18.2 Å². The van der Waals surface area contributed by atoms with Gasteiger partial charge in [-0.3, -0.25) is 19.3 Å². The predicted molar refractivity (Wildman–Crippen MR) is 111 cm³/mol. The molecule has 1 saturated heterocycles. The number of carbonyl (C=O) groups excluding carboxylic acids is 3. The van der Waals surface area contributed by atoms with Crippen molar-refractivity contribution < 1.29 is 14.4 Å². The lowest BCUT2D eigenvalue weighted by Gasteiger charge is -2.31. The van der Waals surface area contributed by atoms with Gasteiger partial charge in [0.15, 0.2) is 0 Å². The van der Waals surface area contributed by atoms with Crippen molar-refractivity contribution >= 4 is 35.0 Å². The third-order valence-electron chi connectivity index (χ3n) is 7.81. The fraction of sp³-hybridized carbons (Fsp3) is 0.609. The van der Waals surface area contributed by atoms with E-state index in [1.165, 1.54) is 11.3 Å². The third kappa shape index (κ3) is 2.92. The molecule has 1 aliphatic heterocycles. The Hall–Kier alpha value is -1.88. The second-order valence-electron chi connectivity index (χ2n) is 9.27. The number of imide groups is 1. The average Bonchev–Trinajstić information content (AvgIpc) is 3.42. The van der Waals surface area contributed by atoms with Crippen LogP contribution in [0.4, 0.5) is 5.69 Å². The summed E-state index contributed by atoms with van der Waals surface area (Å²) in [6, 6.07) is 5.20. The van der Waals surface area contributed by atoms with Crippen LogP contribution in [-0.4, -0.2) is 35.7 Å².